The molecule has 0 aliphatic rings. The van der Waals surface area contributed by atoms with Gasteiger partial charge in [-0.15, -0.1) is 11.3 Å². The lowest BCUT2D eigenvalue weighted by Crippen LogP contribution is -1.95. The largest absolute Gasteiger partial charge is 0.478 e. The minimum absolute atomic E-state index is 0.857. The summed E-state index contributed by atoms with van der Waals surface area (Å²) in [5.41, 5.74) is 7.88. The Morgan fingerprint density at radius 1 is 1.13 bits per heavy atom. The number of aromatic amines is 1. The number of nitrogens with zero attached hydrogens (tertiary/aromatic N) is 1. The van der Waals surface area contributed by atoms with Gasteiger partial charge in [0.1, 0.15) is 0 Å². The molecule has 4 aromatic rings. The van der Waals surface area contributed by atoms with Crippen molar-refractivity contribution in [3.8, 4) is 0 Å². The van der Waals surface area contributed by atoms with Gasteiger partial charge in [0.2, 0.25) is 0 Å². The molecule has 2 aromatic carbocycles. The lowest BCUT2D eigenvalue weighted by Gasteiger charge is -2.16. The number of hydrogen-bond donors (Lipinski definition) is 2. The van der Waals surface area contributed by atoms with Crippen molar-refractivity contribution in [1.29, 1.82) is 0 Å². The van der Waals surface area contributed by atoms with Crippen molar-refractivity contribution in [2.24, 2.45) is 0 Å². The van der Waals surface area contributed by atoms with Gasteiger partial charge in [0, 0.05) is 16.3 Å². The van der Waals surface area contributed by atoms with Gasteiger partial charge in [-0.1, -0.05) is 37.3 Å². The molecule has 4 nitrogen and oxygen atoms in total. The van der Waals surface area contributed by atoms with Gasteiger partial charge in [-0.25, -0.2) is 4.79 Å². The van der Waals surface area contributed by atoms with Gasteiger partial charge in [0.05, 0.1) is 11.7 Å². The first kappa shape index (κ1) is 19.9. The summed E-state index contributed by atoms with van der Waals surface area (Å²) in [6, 6.07) is 16.6. The molecular formula is C25H22N2O2S. The number of aliphatic carboxylic acids is 1. The summed E-state index contributed by atoms with van der Waals surface area (Å²) in [5.74, 6) is -0.950. The van der Waals surface area contributed by atoms with Crippen LogP contribution in [0.25, 0.3) is 28.1 Å². The average molecular weight is 415 g/mol. The van der Waals surface area contributed by atoms with E-state index in [1.807, 2.05) is 18.3 Å². The third-order valence-corrected chi connectivity index (χ3v) is 6.03. The number of thiophene rings is 1. The number of hydrogen-bond acceptors (Lipinski definition) is 3. The lowest BCUT2D eigenvalue weighted by molar-refractivity contribution is -0.131. The van der Waals surface area contributed by atoms with Gasteiger partial charge in [-0.05, 0) is 76.4 Å². The summed E-state index contributed by atoms with van der Waals surface area (Å²) in [5, 5.41) is 19.2. The number of nitrogens with one attached hydrogen (secondary N) is 1. The maximum atomic E-state index is 10.8. The molecule has 0 atom stereocenters. The molecule has 30 heavy (non-hydrogen) atoms. The molecule has 0 saturated carbocycles. The summed E-state index contributed by atoms with van der Waals surface area (Å²) in [6.07, 6.45) is 5.51. The number of aromatic nitrogens is 2. The minimum Gasteiger partial charge on any atom is -0.478 e. The topological polar surface area (TPSA) is 66.0 Å². The second-order valence-corrected chi connectivity index (χ2v) is 8.18. The van der Waals surface area contributed by atoms with E-state index in [2.05, 4.69) is 65.8 Å². The van der Waals surface area contributed by atoms with Crippen LogP contribution >= 0.6 is 11.3 Å². The van der Waals surface area contributed by atoms with Crippen LogP contribution in [0.1, 0.15) is 40.5 Å². The molecule has 2 aromatic heterocycles. The quantitative estimate of drug-likeness (QED) is 0.359. The van der Waals surface area contributed by atoms with Crippen LogP contribution in [0, 0.1) is 6.92 Å². The minimum atomic E-state index is -0.950. The number of fused-ring (bicyclic) bond motifs is 1. The van der Waals surface area contributed by atoms with Crippen LogP contribution in [0.2, 0.25) is 0 Å². The van der Waals surface area contributed by atoms with Gasteiger partial charge in [-0.3, -0.25) is 5.10 Å². The van der Waals surface area contributed by atoms with Crippen LogP contribution in [0.5, 0.6) is 0 Å². The van der Waals surface area contributed by atoms with Crippen molar-refractivity contribution >= 4 is 45.4 Å². The molecule has 0 radical (unpaired) electrons. The van der Waals surface area contributed by atoms with E-state index in [0.29, 0.717) is 0 Å². The third-order valence-electron chi connectivity index (χ3n) is 5.19. The predicted octanol–water partition coefficient (Wildman–Crippen LogP) is 6.40. The second-order valence-electron chi connectivity index (χ2n) is 7.06. The van der Waals surface area contributed by atoms with Gasteiger partial charge in [-0.2, -0.15) is 5.10 Å². The number of rotatable bonds is 6. The van der Waals surface area contributed by atoms with Crippen LogP contribution in [0.4, 0.5) is 0 Å². The fourth-order valence-corrected chi connectivity index (χ4v) is 4.47. The Morgan fingerprint density at radius 3 is 2.57 bits per heavy atom. The Morgan fingerprint density at radius 2 is 1.90 bits per heavy atom. The number of carbonyl (C=O) groups is 1. The van der Waals surface area contributed by atoms with E-state index in [4.69, 9.17) is 5.11 Å². The normalized spacial score (nSPS) is 12.5. The summed E-state index contributed by atoms with van der Waals surface area (Å²) >= 11 is 1.76. The second kappa shape index (κ2) is 8.51. The highest BCUT2D eigenvalue weighted by Gasteiger charge is 2.16. The Balaban J connectivity index is 1.90. The first-order valence-corrected chi connectivity index (χ1v) is 10.7. The Labute approximate surface area is 179 Å². The Kier molecular flexibility index (Phi) is 5.63. The fourth-order valence-electron chi connectivity index (χ4n) is 3.74. The highest BCUT2D eigenvalue weighted by molar-refractivity contribution is 7.10. The van der Waals surface area contributed by atoms with Gasteiger partial charge in [0.15, 0.2) is 0 Å². The molecule has 150 valence electrons. The zero-order valence-corrected chi connectivity index (χ0v) is 17.7. The molecule has 2 heterocycles. The summed E-state index contributed by atoms with van der Waals surface area (Å²) in [6.45, 7) is 4.35. The van der Waals surface area contributed by atoms with E-state index >= 15 is 0 Å². The zero-order chi connectivity index (χ0) is 21.1. The molecule has 0 aliphatic carbocycles. The highest BCUT2D eigenvalue weighted by atomic mass is 32.1. The molecule has 0 spiro atoms. The molecule has 0 unspecified atom stereocenters. The third kappa shape index (κ3) is 3.98. The predicted molar refractivity (Wildman–Crippen MR) is 124 cm³/mol. The first-order chi connectivity index (χ1) is 14.6. The summed E-state index contributed by atoms with van der Waals surface area (Å²) < 4.78 is 0. The van der Waals surface area contributed by atoms with Gasteiger partial charge < -0.3 is 5.11 Å². The number of aryl methyl sites for hydroxylation is 1. The van der Waals surface area contributed by atoms with Crippen molar-refractivity contribution in [3.63, 3.8) is 0 Å². The van der Waals surface area contributed by atoms with Gasteiger partial charge in [0.25, 0.3) is 0 Å². The van der Waals surface area contributed by atoms with E-state index in [0.717, 1.165) is 40.1 Å². The van der Waals surface area contributed by atoms with Crippen molar-refractivity contribution in [3.05, 3.63) is 93.3 Å². The average Bonchev–Trinajstić information content (AvgIpc) is 3.39. The number of H-pyrrole nitrogens is 1. The molecule has 0 aliphatic heterocycles. The van der Waals surface area contributed by atoms with Crippen molar-refractivity contribution in [1.82, 2.24) is 10.2 Å². The molecule has 0 amide bonds. The smallest absolute Gasteiger partial charge is 0.328 e. The van der Waals surface area contributed by atoms with Crippen LogP contribution in [-0.2, 0) is 4.79 Å². The molecular weight excluding hydrogens is 392 g/mol. The SMILES string of the molecule is CC/C(=C(/c1ccc(/C=C/C(=O)O)cc1)c1ccc2[nH]ncc2c1)c1ccsc1C. The van der Waals surface area contributed by atoms with E-state index in [-0.39, 0.29) is 0 Å². The lowest BCUT2D eigenvalue weighted by atomic mass is 9.87. The molecule has 4 rings (SSSR count). The van der Waals surface area contributed by atoms with E-state index in [1.54, 1.807) is 17.4 Å². The molecule has 5 heteroatoms. The Hall–Kier alpha value is -3.44. The van der Waals surface area contributed by atoms with Crippen molar-refractivity contribution in [2.45, 2.75) is 20.3 Å². The number of carboxylic acid groups (broad SMARTS) is 1. The first-order valence-electron chi connectivity index (χ1n) is 9.79. The molecule has 0 bridgehead atoms. The number of benzene rings is 2. The van der Waals surface area contributed by atoms with Crippen LogP contribution < -0.4 is 0 Å². The fraction of sp³-hybridized carbons (Fsp3) is 0.120. The Bertz CT molecular complexity index is 1260. The van der Waals surface area contributed by atoms with Crippen LogP contribution in [0.3, 0.4) is 0 Å². The van der Waals surface area contributed by atoms with Crippen LogP contribution in [-0.4, -0.2) is 21.3 Å². The molecule has 0 fully saturated rings. The maximum absolute atomic E-state index is 10.8. The zero-order valence-electron chi connectivity index (χ0n) is 16.8. The number of carboxylic acids is 1. The van der Waals surface area contributed by atoms with Crippen molar-refractivity contribution < 1.29 is 9.90 Å². The highest BCUT2D eigenvalue weighted by Crippen LogP contribution is 2.37. The standard InChI is InChI=1S/C25H22N2O2S/c1-3-21(22-12-13-30-16(22)2)25(19-9-10-23-20(14-19)15-26-27-23)18-7-4-17(5-8-18)6-11-24(28)29/h4-15H,3H2,1-2H3,(H,26,27)(H,28,29)/b11-6+,25-21+. The van der Waals surface area contributed by atoms with Crippen LogP contribution in [0.15, 0.2) is 66.2 Å². The number of allylic oxidation sites excluding steroid dienone is 1. The molecule has 0 saturated heterocycles. The van der Waals surface area contributed by atoms with E-state index in [9.17, 15) is 4.79 Å². The van der Waals surface area contributed by atoms with E-state index < -0.39 is 5.97 Å². The molecule has 2 N–H and O–H groups in total. The van der Waals surface area contributed by atoms with E-state index in [1.165, 1.54) is 21.6 Å². The summed E-state index contributed by atoms with van der Waals surface area (Å²) in [7, 11) is 0. The monoisotopic (exact) mass is 414 g/mol. The van der Waals surface area contributed by atoms with Crippen molar-refractivity contribution in [2.75, 3.05) is 0 Å². The maximum Gasteiger partial charge on any atom is 0.328 e. The van der Waals surface area contributed by atoms with Gasteiger partial charge >= 0.3 is 5.97 Å². The summed E-state index contributed by atoms with van der Waals surface area (Å²) in [4.78, 5) is 12.1.